The monoisotopic (exact) mass is 525 g/mol. The maximum atomic E-state index is 11.4. The highest BCUT2D eigenvalue weighted by molar-refractivity contribution is 14.0. The summed E-state index contributed by atoms with van der Waals surface area (Å²) in [6.07, 6.45) is 4.01. The normalized spacial score (nSPS) is 12.4. The topological polar surface area (TPSA) is 90.8 Å². The Bertz CT molecular complexity index is 687. The standard InChI is InChI=1S/C20H35N3O3S.HI/c1-5-20(6-2,12-13-24)16-23-19(21-7-3)22-14-17-8-10-18(11-9-17)15-27(4,25)26;/h8-11,24H,5-7,12-16H2,1-4H3,(H2,21,22,23);1H. The molecule has 1 aromatic carbocycles. The van der Waals surface area contributed by atoms with Gasteiger partial charge in [-0.2, -0.15) is 0 Å². The minimum atomic E-state index is -3.02. The van der Waals surface area contributed by atoms with E-state index in [0.29, 0.717) is 6.54 Å². The number of aliphatic imine (C=N–C) groups is 1. The van der Waals surface area contributed by atoms with Crippen LogP contribution in [0, 0.1) is 5.41 Å². The Labute approximate surface area is 187 Å². The minimum Gasteiger partial charge on any atom is -0.396 e. The summed E-state index contributed by atoms with van der Waals surface area (Å²) in [5.41, 5.74) is 1.88. The summed E-state index contributed by atoms with van der Waals surface area (Å²) in [6.45, 7) is 8.57. The van der Waals surface area contributed by atoms with Crippen molar-refractivity contribution < 1.29 is 13.5 Å². The van der Waals surface area contributed by atoms with Gasteiger partial charge in [0.15, 0.2) is 15.8 Å². The summed E-state index contributed by atoms with van der Waals surface area (Å²) < 4.78 is 22.7. The van der Waals surface area contributed by atoms with Gasteiger partial charge < -0.3 is 15.7 Å². The number of benzene rings is 1. The van der Waals surface area contributed by atoms with Crippen molar-refractivity contribution in [2.24, 2.45) is 10.4 Å². The third kappa shape index (κ3) is 10.1. The van der Waals surface area contributed by atoms with Crippen LogP contribution in [0.25, 0.3) is 0 Å². The van der Waals surface area contributed by atoms with E-state index in [2.05, 4.69) is 29.5 Å². The van der Waals surface area contributed by atoms with Gasteiger partial charge in [-0.05, 0) is 42.7 Å². The molecule has 0 saturated carbocycles. The van der Waals surface area contributed by atoms with Gasteiger partial charge in [0, 0.05) is 26.0 Å². The van der Waals surface area contributed by atoms with Crippen molar-refractivity contribution in [2.45, 2.75) is 52.3 Å². The number of hydrogen-bond acceptors (Lipinski definition) is 4. The quantitative estimate of drug-likeness (QED) is 0.235. The van der Waals surface area contributed by atoms with Gasteiger partial charge in [-0.15, -0.1) is 24.0 Å². The molecule has 1 aromatic rings. The van der Waals surface area contributed by atoms with Crippen LogP contribution < -0.4 is 10.6 Å². The zero-order chi connectivity index (χ0) is 20.3. The van der Waals surface area contributed by atoms with Crippen molar-refractivity contribution >= 4 is 39.8 Å². The predicted molar refractivity (Wildman–Crippen MR) is 128 cm³/mol. The molecule has 0 heterocycles. The summed E-state index contributed by atoms with van der Waals surface area (Å²) >= 11 is 0. The molecule has 0 aliphatic carbocycles. The third-order valence-electron chi connectivity index (χ3n) is 4.99. The first-order chi connectivity index (χ1) is 12.8. The molecule has 0 fully saturated rings. The molecule has 0 aromatic heterocycles. The highest BCUT2D eigenvalue weighted by Crippen LogP contribution is 2.29. The van der Waals surface area contributed by atoms with Crippen LogP contribution in [0.15, 0.2) is 29.3 Å². The summed E-state index contributed by atoms with van der Waals surface area (Å²) in [5, 5.41) is 16.0. The predicted octanol–water partition coefficient (Wildman–Crippen LogP) is 3.09. The van der Waals surface area contributed by atoms with Gasteiger partial charge in [-0.25, -0.2) is 13.4 Å². The fourth-order valence-electron chi connectivity index (χ4n) is 3.01. The molecule has 0 aliphatic rings. The SMILES string of the molecule is CCNC(=NCc1ccc(CS(C)(=O)=O)cc1)NCC(CC)(CC)CCO.I. The Balaban J connectivity index is 0.00000729. The molecular weight excluding hydrogens is 489 g/mol. The van der Waals surface area contributed by atoms with Gasteiger partial charge in [-0.3, -0.25) is 0 Å². The maximum absolute atomic E-state index is 11.4. The van der Waals surface area contributed by atoms with Gasteiger partial charge in [0.1, 0.15) is 0 Å². The van der Waals surface area contributed by atoms with Crippen LogP contribution >= 0.6 is 24.0 Å². The highest BCUT2D eigenvalue weighted by Gasteiger charge is 2.25. The zero-order valence-corrected chi connectivity index (χ0v) is 20.6. The Morgan fingerprint density at radius 2 is 1.64 bits per heavy atom. The van der Waals surface area contributed by atoms with E-state index in [1.165, 1.54) is 6.26 Å². The molecule has 0 aliphatic heterocycles. The lowest BCUT2D eigenvalue weighted by Crippen LogP contribution is -2.43. The largest absolute Gasteiger partial charge is 0.396 e. The van der Waals surface area contributed by atoms with Gasteiger partial charge in [0.2, 0.25) is 0 Å². The number of nitrogens with zero attached hydrogens (tertiary/aromatic N) is 1. The number of sulfone groups is 1. The van der Waals surface area contributed by atoms with Crippen LogP contribution in [0.2, 0.25) is 0 Å². The van der Waals surface area contributed by atoms with Crippen molar-refractivity contribution in [3.05, 3.63) is 35.4 Å². The second kappa shape index (κ2) is 13.4. The van der Waals surface area contributed by atoms with Gasteiger partial charge in [0.05, 0.1) is 12.3 Å². The Morgan fingerprint density at radius 1 is 1.07 bits per heavy atom. The second-order valence-electron chi connectivity index (χ2n) is 7.12. The van der Waals surface area contributed by atoms with Crippen LogP contribution in [-0.4, -0.2) is 45.4 Å². The molecule has 0 bridgehead atoms. The number of aliphatic hydroxyl groups excluding tert-OH is 1. The van der Waals surface area contributed by atoms with Gasteiger partial charge in [0.25, 0.3) is 0 Å². The zero-order valence-electron chi connectivity index (χ0n) is 17.5. The maximum Gasteiger partial charge on any atom is 0.191 e. The Hall–Kier alpha value is -0.870. The summed E-state index contributed by atoms with van der Waals surface area (Å²) in [5.74, 6) is 0.809. The second-order valence-corrected chi connectivity index (χ2v) is 9.26. The van der Waals surface area contributed by atoms with Crippen molar-refractivity contribution in [1.82, 2.24) is 10.6 Å². The smallest absolute Gasteiger partial charge is 0.191 e. The van der Waals surface area contributed by atoms with E-state index in [4.69, 9.17) is 0 Å². The van der Waals surface area contributed by atoms with Crippen molar-refractivity contribution in [1.29, 1.82) is 0 Å². The van der Waals surface area contributed by atoms with E-state index in [-0.39, 0.29) is 41.8 Å². The molecule has 8 heteroatoms. The average Bonchev–Trinajstić information content (AvgIpc) is 2.63. The average molecular weight is 525 g/mol. The van der Waals surface area contributed by atoms with E-state index < -0.39 is 9.84 Å². The van der Waals surface area contributed by atoms with E-state index >= 15 is 0 Å². The molecule has 0 spiro atoms. The molecule has 0 atom stereocenters. The number of rotatable bonds is 11. The first-order valence-electron chi connectivity index (χ1n) is 9.66. The lowest BCUT2D eigenvalue weighted by Gasteiger charge is -2.32. The molecule has 1 rings (SSSR count). The molecular formula is C20H36IN3O3S. The number of nitrogens with one attached hydrogen (secondary N) is 2. The summed E-state index contributed by atoms with van der Waals surface area (Å²) in [7, 11) is -3.02. The Kier molecular flexibility index (Phi) is 13.0. The van der Waals surface area contributed by atoms with E-state index in [0.717, 1.165) is 49.4 Å². The number of halogens is 1. The lowest BCUT2D eigenvalue weighted by atomic mass is 9.79. The van der Waals surface area contributed by atoms with Crippen LogP contribution in [0.3, 0.4) is 0 Å². The molecule has 3 N–H and O–H groups in total. The highest BCUT2D eigenvalue weighted by atomic mass is 127. The van der Waals surface area contributed by atoms with Crippen LogP contribution in [0.1, 0.15) is 51.2 Å². The van der Waals surface area contributed by atoms with E-state index in [1.54, 1.807) is 0 Å². The number of aliphatic hydroxyl groups is 1. The Morgan fingerprint density at radius 3 is 2.11 bits per heavy atom. The molecule has 0 unspecified atom stereocenters. The molecule has 6 nitrogen and oxygen atoms in total. The van der Waals surface area contributed by atoms with Gasteiger partial charge in [-0.1, -0.05) is 38.1 Å². The van der Waals surface area contributed by atoms with Crippen LogP contribution in [0.4, 0.5) is 0 Å². The number of hydrogen-bond donors (Lipinski definition) is 3. The van der Waals surface area contributed by atoms with Crippen molar-refractivity contribution in [3.63, 3.8) is 0 Å². The van der Waals surface area contributed by atoms with Crippen LogP contribution in [0.5, 0.6) is 0 Å². The molecule has 162 valence electrons. The molecule has 0 radical (unpaired) electrons. The first kappa shape index (κ1) is 27.1. The van der Waals surface area contributed by atoms with E-state index in [9.17, 15) is 13.5 Å². The summed E-state index contributed by atoms with van der Waals surface area (Å²) in [4.78, 5) is 4.63. The minimum absolute atomic E-state index is 0. The van der Waals surface area contributed by atoms with Gasteiger partial charge >= 0.3 is 0 Å². The molecule has 0 amide bonds. The number of guanidine groups is 1. The third-order valence-corrected chi connectivity index (χ3v) is 5.85. The lowest BCUT2D eigenvalue weighted by molar-refractivity contribution is 0.169. The fraction of sp³-hybridized carbons (Fsp3) is 0.650. The molecule has 28 heavy (non-hydrogen) atoms. The van der Waals surface area contributed by atoms with Crippen molar-refractivity contribution in [3.8, 4) is 0 Å². The molecule has 0 saturated heterocycles. The van der Waals surface area contributed by atoms with Crippen LogP contribution in [-0.2, 0) is 22.1 Å². The van der Waals surface area contributed by atoms with E-state index in [1.807, 2.05) is 31.2 Å². The van der Waals surface area contributed by atoms with Crippen molar-refractivity contribution in [2.75, 3.05) is 26.0 Å². The fourth-order valence-corrected chi connectivity index (χ4v) is 3.80. The first-order valence-corrected chi connectivity index (χ1v) is 11.7. The summed E-state index contributed by atoms with van der Waals surface area (Å²) in [6, 6.07) is 7.52.